The van der Waals surface area contributed by atoms with E-state index in [-0.39, 0.29) is 5.92 Å². The summed E-state index contributed by atoms with van der Waals surface area (Å²) < 4.78 is 30.0. The number of carbonyl (C=O) groups is 1. The number of piperidine rings is 1. The van der Waals surface area contributed by atoms with Gasteiger partial charge in [-0.1, -0.05) is 0 Å². The summed E-state index contributed by atoms with van der Waals surface area (Å²) >= 11 is 0. The van der Waals surface area contributed by atoms with Gasteiger partial charge in [0.2, 0.25) is 0 Å². The van der Waals surface area contributed by atoms with Gasteiger partial charge in [0, 0.05) is 0 Å². The highest BCUT2D eigenvalue weighted by atomic mass is 32.2. The highest BCUT2D eigenvalue weighted by Gasteiger charge is 2.32. The van der Waals surface area contributed by atoms with E-state index in [1.165, 1.54) is 0 Å². The Bertz CT molecular complexity index is 320. The van der Waals surface area contributed by atoms with Gasteiger partial charge < -0.3 is 10.4 Å². The molecule has 0 aliphatic carbocycles. The van der Waals surface area contributed by atoms with E-state index in [2.05, 4.69) is 5.32 Å². The van der Waals surface area contributed by atoms with Gasteiger partial charge in [-0.05, 0) is 31.8 Å². The zero-order valence-electron chi connectivity index (χ0n) is 8.22. The van der Waals surface area contributed by atoms with E-state index < -0.39 is 27.8 Å². The summed E-state index contributed by atoms with van der Waals surface area (Å²) in [4.78, 5) is 10.9. The first kappa shape index (κ1) is 12.4. The minimum Gasteiger partial charge on any atom is -0.481 e. The molecule has 6 nitrogen and oxygen atoms in total. The predicted octanol–water partition coefficient (Wildman–Crippen LogP) is -0.425. The molecule has 3 N–H and O–H groups in total. The van der Waals surface area contributed by atoms with E-state index in [0.717, 1.165) is 13.0 Å². The van der Waals surface area contributed by atoms with E-state index in [4.69, 9.17) is 9.66 Å². The number of aliphatic carboxylic acids is 1. The van der Waals surface area contributed by atoms with Crippen LogP contribution in [0.15, 0.2) is 0 Å². The third-order valence-corrected chi connectivity index (χ3v) is 3.39. The van der Waals surface area contributed by atoms with Crippen molar-refractivity contribution in [3.05, 3.63) is 0 Å². The lowest BCUT2D eigenvalue weighted by Crippen LogP contribution is -2.40. The zero-order chi connectivity index (χ0) is 11.5. The molecule has 0 bridgehead atoms. The number of hydrogen-bond donors (Lipinski definition) is 3. The number of hydrogen-bond acceptors (Lipinski definition) is 4. The lowest BCUT2D eigenvalue weighted by molar-refractivity contribution is -0.143. The van der Waals surface area contributed by atoms with Gasteiger partial charge in [0.25, 0.3) is 10.1 Å². The molecule has 0 aromatic carbocycles. The second kappa shape index (κ2) is 4.91. The van der Waals surface area contributed by atoms with Crippen molar-refractivity contribution in [3.63, 3.8) is 0 Å². The van der Waals surface area contributed by atoms with E-state index in [1.54, 1.807) is 0 Å². The van der Waals surface area contributed by atoms with Gasteiger partial charge in [0.1, 0.15) is 0 Å². The minimum absolute atomic E-state index is 0.224. The van der Waals surface area contributed by atoms with Crippen molar-refractivity contribution >= 4 is 16.1 Å². The highest BCUT2D eigenvalue weighted by Crippen LogP contribution is 2.21. The first-order chi connectivity index (χ1) is 6.90. The number of rotatable bonds is 4. The normalized spacial score (nSPS) is 24.7. The van der Waals surface area contributed by atoms with Crippen LogP contribution in [0.25, 0.3) is 0 Å². The summed E-state index contributed by atoms with van der Waals surface area (Å²) in [7, 11) is -4.23. The first-order valence-electron chi connectivity index (χ1n) is 4.79. The molecule has 0 aromatic heterocycles. The van der Waals surface area contributed by atoms with Gasteiger partial charge in [-0.3, -0.25) is 9.35 Å². The van der Waals surface area contributed by atoms with Crippen LogP contribution in [0.2, 0.25) is 0 Å². The smallest absolute Gasteiger partial charge is 0.307 e. The van der Waals surface area contributed by atoms with Crippen LogP contribution in [0.1, 0.15) is 12.8 Å². The van der Waals surface area contributed by atoms with Crippen LogP contribution in [-0.4, -0.2) is 42.9 Å². The zero-order valence-corrected chi connectivity index (χ0v) is 9.03. The molecule has 15 heavy (non-hydrogen) atoms. The Kier molecular flexibility index (Phi) is 4.06. The average Bonchev–Trinajstić information content (AvgIpc) is 2.14. The van der Waals surface area contributed by atoms with Crippen LogP contribution in [0.3, 0.4) is 0 Å². The number of nitrogens with one attached hydrogen (secondary N) is 1. The highest BCUT2D eigenvalue weighted by molar-refractivity contribution is 7.85. The second-order valence-electron chi connectivity index (χ2n) is 3.80. The molecule has 0 aromatic rings. The van der Waals surface area contributed by atoms with Gasteiger partial charge in [-0.15, -0.1) is 0 Å². The Hall–Kier alpha value is -0.660. The van der Waals surface area contributed by atoms with Gasteiger partial charge in [0.15, 0.2) is 0 Å². The Morgan fingerprint density at radius 2 is 2.20 bits per heavy atom. The Morgan fingerprint density at radius 3 is 2.60 bits per heavy atom. The summed E-state index contributed by atoms with van der Waals surface area (Å²) in [6.45, 7) is 1.32. The number of carboxylic acid groups (broad SMARTS) is 1. The van der Waals surface area contributed by atoms with E-state index in [1.807, 2.05) is 0 Å². The van der Waals surface area contributed by atoms with E-state index in [0.29, 0.717) is 13.0 Å². The van der Waals surface area contributed by atoms with Crippen molar-refractivity contribution in [1.29, 1.82) is 0 Å². The molecule has 1 aliphatic rings. The fourth-order valence-electron chi connectivity index (χ4n) is 1.86. The Morgan fingerprint density at radius 1 is 1.53 bits per heavy atom. The predicted molar refractivity (Wildman–Crippen MR) is 53.1 cm³/mol. The second-order valence-corrected chi connectivity index (χ2v) is 5.30. The van der Waals surface area contributed by atoms with Gasteiger partial charge in [-0.2, -0.15) is 8.42 Å². The molecule has 1 rings (SSSR count). The van der Waals surface area contributed by atoms with Crippen molar-refractivity contribution in [2.24, 2.45) is 11.8 Å². The maximum absolute atomic E-state index is 10.9. The monoisotopic (exact) mass is 237 g/mol. The van der Waals surface area contributed by atoms with Crippen LogP contribution in [0, 0.1) is 11.8 Å². The molecule has 1 heterocycles. The SMILES string of the molecule is O=C(O)C(CS(=O)(=O)O)C1CCCNC1. The summed E-state index contributed by atoms with van der Waals surface area (Å²) in [6.07, 6.45) is 1.51. The molecule has 88 valence electrons. The molecule has 1 aliphatic heterocycles. The molecule has 2 unspecified atom stereocenters. The fraction of sp³-hybridized carbons (Fsp3) is 0.875. The molecular formula is C8H15NO5S. The summed E-state index contributed by atoms with van der Waals surface area (Å²) in [5, 5.41) is 11.9. The number of carboxylic acids is 1. The third-order valence-electron chi connectivity index (χ3n) is 2.61. The van der Waals surface area contributed by atoms with E-state index in [9.17, 15) is 13.2 Å². The molecule has 1 fully saturated rings. The lowest BCUT2D eigenvalue weighted by Gasteiger charge is -2.27. The van der Waals surface area contributed by atoms with Crippen molar-refractivity contribution in [2.75, 3.05) is 18.8 Å². The summed E-state index contributed by atoms with van der Waals surface area (Å²) in [5.41, 5.74) is 0. The maximum Gasteiger partial charge on any atom is 0.307 e. The Balaban J connectivity index is 2.68. The quantitative estimate of drug-likeness (QED) is 0.573. The topological polar surface area (TPSA) is 104 Å². The lowest BCUT2D eigenvalue weighted by atomic mass is 9.87. The third kappa shape index (κ3) is 4.15. The molecule has 0 spiro atoms. The summed E-state index contributed by atoms with van der Waals surface area (Å²) in [6, 6.07) is 0. The van der Waals surface area contributed by atoms with Crippen molar-refractivity contribution in [1.82, 2.24) is 5.32 Å². The van der Waals surface area contributed by atoms with Crippen molar-refractivity contribution < 1.29 is 22.9 Å². The average molecular weight is 237 g/mol. The molecule has 0 saturated carbocycles. The first-order valence-corrected chi connectivity index (χ1v) is 6.40. The molecule has 0 radical (unpaired) electrons. The van der Waals surface area contributed by atoms with Gasteiger partial charge in [0.05, 0.1) is 11.7 Å². The molecular weight excluding hydrogens is 222 g/mol. The van der Waals surface area contributed by atoms with Crippen LogP contribution < -0.4 is 5.32 Å². The van der Waals surface area contributed by atoms with Gasteiger partial charge >= 0.3 is 5.97 Å². The van der Waals surface area contributed by atoms with Crippen LogP contribution >= 0.6 is 0 Å². The minimum atomic E-state index is -4.23. The standard InChI is InChI=1S/C8H15NO5S/c10-8(11)7(5-15(12,13)14)6-2-1-3-9-4-6/h6-7,9H,1-5H2,(H,10,11)(H,12,13,14). The maximum atomic E-state index is 10.9. The van der Waals surface area contributed by atoms with Crippen LogP contribution in [0.5, 0.6) is 0 Å². The Labute approximate surface area is 88.4 Å². The molecule has 7 heteroatoms. The summed E-state index contributed by atoms with van der Waals surface area (Å²) in [5.74, 6) is -3.11. The van der Waals surface area contributed by atoms with Crippen LogP contribution in [-0.2, 0) is 14.9 Å². The van der Waals surface area contributed by atoms with Crippen molar-refractivity contribution in [3.8, 4) is 0 Å². The van der Waals surface area contributed by atoms with E-state index >= 15 is 0 Å². The molecule has 0 amide bonds. The van der Waals surface area contributed by atoms with Crippen molar-refractivity contribution in [2.45, 2.75) is 12.8 Å². The fourth-order valence-corrected chi connectivity index (χ4v) is 2.73. The van der Waals surface area contributed by atoms with Gasteiger partial charge in [-0.25, -0.2) is 0 Å². The molecule has 1 saturated heterocycles. The van der Waals surface area contributed by atoms with Crippen LogP contribution in [0.4, 0.5) is 0 Å². The largest absolute Gasteiger partial charge is 0.481 e. The molecule has 2 atom stereocenters.